The van der Waals surface area contributed by atoms with E-state index in [2.05, 4.69) is 12.2 Å². The minimum absolute atomic E-state index is 0.120. The lowest BCUT2D eigenvalue weighted by atomic mass is 9.90. The molecular formula is C23H35NO6. The zero-order valence-corrected chi connectivity index (χ0v) is 18.6. The molecule has 168 valence electrons. The quantitative estimate of drug-likeness (QED) is 0.254. The lowest BCUT2D eigenvalue weighted by Crippen LogP contribution is -2.29. The highest BCUT2D eigenvalue weighted by Gasteiger charge is 2.34. The topological polar surface area (TPSA) is 102 Å². The second-order valence-electron chi connectivity index (χ2n) is 7.28. The number of methoxy groups -OCH3 is 2. The van der Waals surface area contributed by atoms with E-state index in [4.69, 9.17) is 14.6 Å². The highest BCUT2D eigenvalue weighted by molar-refractivity contribution is 6.24. The lowest BCUT2D eigenvalue weighted by Gasteiger charge is -2.19. The molecule has 0 unspecified atom stereocenters. The van der Waals surface area contributed by atoms with E-state index in [9.17, 15) is 14.4 Å². The Morgan fingerprint density at radius 2 is 1.53 bits per heavy atom. The number of allylic oxidation sites excluding steroid dienone is 3. The van der Waals surface area contributed by atoms with Gasteiger partial charge in [-0.3, -0.25) is 14.4 Å². The summed E-state index contributed by atoms with van der Waals surface area (Å²) in [4.78, 5) is 38.0. The number of aliphatic hydroxyl groups excluding tert-OH is 1. The number of ether oxygens (including phenoxy) is 2. The van der Waals surface area contributed by atoms with Crippen molar-refractivity contribution in [2.75, 3.05) is 27.4 Å². The van der Waals surface area contributed by atoms with Gasteiger partial charge in [0.1, 0.15) is 0 Å². The summed E-state index contributed by atoms with van der Waals surface area (Å²) in [7, 11) is 2.61. The zero-order chi connectivity index (χ0) is 22.5. The molecule has 0 aromatic rings. The van der Waals surface area contributed by atoms with Crippen LogP contribution in [0.5, 0.6) is 0 Å². The molecule has 30 heavy (non-hydrogen) atoms. The van der Waals surface area contributed by atoms with Crippen LogP contribution in [0.3, 0.4) is 0 Å². The van der Waals surface area contributed by atoms with Crippen molar-refractivity contribution < 1.29 is 29.0 Å². The Labute approximate surface area is 179 Å². The van der Waals surface area contributed by atoms with Crippen molar-refractivity contribution in [2.24, 2.45) is 0 Å². The smallest absolute Gasteiger partial charge is 0.247 e. The third-order valence-corrected chi connectivity index (χ3v) is 5.07. The predicted molar refractivity (Wildman–Crippen MR) is 115 cm³/mol. The Bertz CT molecular complexity index is 717. The summed E-state index contributed by atoms with van der Waals surface area (Å²) in [6, 6.07) is 0. The molecule has 0 aliphatic heterocycles. The fraction of sp³-hybridized carbons (Fsp3) is 0.609. The van der Waals surface area contributed by atoms with Gasteiger partial charge in [0.2, 0.25) is 29.0 Å². The molecule has 7 nitrogen and oxygen atoms in total. The van der Waals surface area contributed by atoms with E-state index in [0.29, 0.717) is 12.0 Å². The standard InChI is InChI=1S/C23H35NO6/c1-5-6-7-8-9-10-11-12-17(23(28)24-13-14-25)15-18-16(2)19(26)21(29-3)22(30-4)20(18)27/h15,25H,5-14H2,1-4H3,(H,24,28)/b17-15+. The first kappa shape index (κ1) is 25.6. The first-order chi connectivity index (χ1) is 14.4. The number of aliphatic hydroxyl groups is 1. The Morgan fingerprint density at radius 3 is 2.10 bits per heavy atom. The van der Waals surface area contributed by atoms with Crippen LogP contribution >= 0.6 is 0 Å². The van der Waals surface area contributed by atoms with Gasteiger partial charge in [0, 0.05) is 23.3 Å². The lowest BCUT2D eigenvalue weighted by molar-refractivity contribution is -0.120. The number of Topliss-reactive ketones (excluding diaryl/α,β-unsaturated/α-hetero) is 2. The van der Waals surface area contributed by atoms with Crippen LogP contribution in [0, 0.1) is 0 Å². The maximum absolute atomic E-state index is 12.8. The molecule has 1 rings (SSSR count). The Balaban J connectivity index is 3.02. The van der Waals surface area contributed by atoms with Crippen LogP contribution in [-0.2, 0) is 23.9 Å². The monoisotopic (exact) mass is 421 g/mol. The van der Waals surface area contributed by atoms with Crippen LogP contribution in [0.25, 0.3) is 0 Å². The summed E-state index contributed by atoms with van der Waals surface area (Å²) in [5, 5.41) is 11.6. The fourth-order valence-corrected chi connectivity index (χ4v) is 3.32. The second-order valence-corrected chi connectivity index (χ2v) is 7.28. The third-order valence-electron chi connectivity index (χ3n) is 5.07. The second kappa shape index (κ2) is 13.7. The maximum Gasteiger partial charge on any atom is 0.247 e. The number of carbonyl (C=O) groups excluding carboxylic acids is 3. The molecule has 0 aromatic heterocycles. The number of unbranched alkanes of at least 4 members (excludes halogenated alkanes) is 6. The average molecular weight is 422 g/mol. The number of carbonyl (C=O) groups is 3. The molecule has 1 aliphatic rings. The summed E-state index contributed by atoms with van der Waals surface area (Å²) in [6.07, 6.45) is 9.65. The molecule has 7 heteroatoms. The number of rotatable bonds is 14. The van der Waals surface area contributed by atoms with Crippen LogP contribution < -0.4 is 5.32 Å². The van der Waals surface area contributed by atoms with E-state index in [1.165, 1.54) is 52.9 Å². The number of hydrogen-bond acceptors (Lipinski definition) is 6. The van der Waals surface area contributed by atoms with Crippen molar-refractivity contribution in [3.63, 3.8) is 0 Å². The van der Waals surface area contributed by atoms with Gasteiger partial charge >= 0.3 is 0 Å². The maximum atomic E-state index is 12.8. The van der Waals surface area contributed by atoms with Gasteiger partial charge in [-0.05, 0) is 25.8 Å². The van der Waals surface area contributed by atoms with Gasteiger partial charge in [-0.1, -0.05) is 45.4 Å². The zero-order valence-electron chi connectivity index (χ0n) is 18.6. The summed E-state index contributed by atoms with van der Waals surface area (Å²) in [5.41, 5.74) is 0.753. The molecule has 0 atom stereocenters. The first-order valence-corrected chi connectivity index (χ1v) is 10.6. The van der Waals surface area contributed by atoms with Crippen molar-refractivity contribution in [3.8, 4) is 0 Å². The molecular weight excluding hydrogens is 386 g/mol. The van der Waals surface area contributed by atoms with Gasteiger partial charge in [0.25, 0.3) is 0 Å². The van der Waals surface area contributed by atoms with Crippen LogP contribution in [0.4, 0.5) is 0 Å². The van der Waals surface area contributed by atoms with E-state index in [0.717, 1.165) is 19.3 Å². The highest BCUT2D eigenvalue weighted by atomic mass is 16.5. The Hall–Kier alpha value is -2.41. The molecule has 0 aromatic carbocycles. The minimum Gasteiger partial charge on any atom is -0.489 e. The van der Waals surface area contributed by atoms with E-state index in [-0.39, 0.29) is 41.7 Å². The molecule has 0 heterocycles. The predicted octanol–water partition coefficient (Wildman–Crippen LogP) is 3.13. The summed E-state index contributed by atoms with van der Waals surface area (Å²) < 4.78 is 10.1. The van der Waals surface area contributed by atoms with Crippen molar-refractivity contribution >= 4 is 17.5 Å². The molecule has 0 radical (unpaired) electrons. The molecule has 1 amide bonds. The number of ketones is 2. The highest BCUT2D eigenvalue weighted by Crippen LogP contribution is 2.28. The van der Waals surface area contributed by atoms with E-state index >= 15 is 0 Å². The van der Waals surface area contributed by atoms with E-state index < -0.39 is 11.6 Å². The third kappa shape index (κ3) is 7.13. The van der Waals surface area contributed by atoms with Crippen LogP contribution in [-0.4, -0.2) is 50.0 Å². The van der Waals surface area contributed by atoms with Crippen molar-refractivity contribution in [1.82, 2.24) is 5.32 Å². The van der Waals surface area contributed by atoms with Gasteiger partial charge in [-0.25, -0.2) is 0 Å². The van der Waals surface area contributed by atoms with Crippen LogP contribution in [0.1, 0.15) is 65.2 Å². The van der Waals surface area contributed by atoms with Crippen LogP contribution in [0.2, 0.25) is 0 Å². The van der Waals surface area contributed by atoms with Crippen LogP contribution in [0.15, 0.2) is 34.3 Å². The van der Waals surface area contributed by atoms with Gasteiger partial charge in [-0.2, -0.15) is 0 Å². The van der Waals surface area contributed by atoms with Gasteiger partial charge in [0.05, 0.1) is 20.8 Å². The summed E-state index contributed by atoms with van der Waals surface area (Å²) in [6.45, 7) is 3.66. The minimum atomic E-state index is -0.488. The van der Waals surface area contributed by atoms with Gasteiger partial charge in [-0.15, -0.1) is 0 Å². The number of hydrogen-bond donors (Lipinski definition) is 2. The summed E-state index contributed by atoms with van der Waals surface area (Å²) in [5.74, 6) is -1.57. The molecule has 0 saturated carbocycles. The molecule has 0 spiro atoms. The Kier molecular flexibility index (Phi) is 11.7. The SMILES string of the molecule is CCCCCCCCC/C(=C\C1=C(C)C(=O)C(OC)=C(OC)C1=O)C(=O)NCCO. The summed E-state index contributed by atoms with van der Waals surface area (Å²) >= 11 is 0. The molecule has 0 saturated heterocycles. The normalized spacial score (nSPS) is 15.0. The average Bonchev–Trinajstić information content (AvgIpc) is 2.75. The first-order valence-electron chi connectivity index (χ1n) is 10.6. The molecule has 2 N–H and O–H groups in total. The largest absolute Gasteiger partial charge is 0.489 e. The van der Waals surface area contributed by atoms with Crippen molar-refractivity contribution in [1.29, 1.82) is 0 Å². The molecule has 0 bridgehead atoms. The number of nitrogens with one attached hydrogen (secondary N) is 1. The Morgan fingerprint density at radius 1 is 0.967 bits per heavy atom. The molecule has 1 aliphatic carbocycles. The molecule has 0 fully saturated rings. The van der Waals surface area contributed by atoms with Crippen molar-refractivity contribution in [2.45, 2.75) is 65.2 Å². The van der Waals surface area contributed by atoms with Gasteiger partial charge in [0.15, 0.2) is 0 Å². The van der Waals surface area contributed by atoms with E-state index in [1.807, 2.05) is 0 Å². The van der Waals surface area contributed by atoms with Gasteiger partial charge < -0.3 is 19.9 Å². The number of amides is 1. The van der Waals surface area contributed by atoms with Crippen molar-refractivity contribution in [3.05, 3.63) is 34.3 Å². The van der Waals surface area contributed by atoms with E-state index in [1.54, 1.807) is 0 Å². The fourth-order valence-electron chi connectivity index (χ4n) is 3.32.